The minimum absolute atomic E-state index is 0.292. The van der Waals surface area contributed by atoms with Crippen molar-refractivity contribution in [1.82, 2.24) is 0 Å². The van der Waals surface area contributed by atoms with Gasteiger partial charge in [-0.3, -0.25) is 14.9 Å². The smallest absolute Gasteiger partial charge is 0.264 e. The van der Waals surface area contributed by atoms with Crippen molar-refractivity contribution in [2.24, 2.45) is 0 Å². The van der Waals surface area contributed by atoms with Crippen LogP contribution in [0.3, 0.4) is 0 Å². The Morgan fingerprint density at radius 3 is 2.29 bits per heavy atom. The first kappa shape index (κ1) is 6.07. The van der Waals surface area contributed by atoms with Crippen LogP contribution in [0.2, 0.25) is 0 Å². The van der Waals surface area contributed by atoms with Crippen molar-refractivity contribution in [2.45, 2.75) is 13.0 Å². The quantitative estimate of drug-likeness (QED) is 0.277. The summed E-state index contributed by atoms with van der Waals surface area (Å²) >= 11 is 0. The highest BCUT2D eigenvalue weighted by Crippen LogP contribution is 1.77. The van der Waals surface area contributed by atoms with Crippen LogP contribution in [-0.4, -0.2) is 17.3 Å². The van der Waals surface area contributed by atoms with E-state index in [9.17, 15) is 14.9 Å². The molecule has 0 aliphatic rings. The van der Waals surface area contributed by atoms with E-state index < -0.39 is 11.0 Å². The largest absolute Gasteiger partial charge is 0.296 e. The summed E-state index contributed by atoms with van der Waals surface area (Å²) in [5.74, 6) is 0. The molecule has 0 fully saturated rings. The van der Waals surface area contributed by atoms with Crippen LogP contribution in [0, 0.1) is 10.1 Å². The van der Waals surface area contributed by atoms with Gasteiger partial charge in [0.05, 0.1) is 0 Å². The fourth-order valence-electron chi connectivity index (χ4n) is 0.0497. The Labute approximate surface area is 40.3 Å². The molecule has 0 amide bonds. The molecule has 0 aromatic rings. The van der Waals surface area contributed by atoms with Crippen molar-refractivity contribution in [3.05, 3.63) is 10.1 Å². The summed E-state index contributed by atoms with van der Waals surface area (Å²) in [6, 6.07) is -1.06. The molecule has 0 heterocycles. The van der Waals surface area contributed by atoms with Crippen LogP contribution in [0.4, 0.5) is 0 Å². The summed E-state index contributed by atoms with van der Waals surface area (Å²) in [6.45, 7) is 1.23. The highest BCUT2D eigenvalue weighted by Gasteiger charge is 2.07. The second-order valence-electron chi connectivity index (χ2n) is 1.16. The molecule has 0 aromatic carbocycles. The molecule has 0 bridgehead atoms. The van der Waals surface area contributed by atoms with E-state index in [2.05, 4.69) is 0 Å². The summed E-state index contributed by atoms with van der Waals surface area (Å²) in [5, 5.41) is 9.50. The average molecular weight is 103 g/mol. The third-order valence-electron chi connectivity index (χ3n) is 0.529. The van der Waals surface area contributed by atoms with Crippen molar-refractivity contribution >= 4 is 6.29 Å². The number of hydrogen-bond donors (Lipinski definition) is 0. The molecule has 0 aliphatic heterocycles. The van der Waals surface area contributed by atoms with Gasteiger partial charge in [0.1, 0.15) is 0 Å². The van der Waals surface area contributed by atoms with Crippen molar-refractivity contribution in [3.8, 4) is 0 Å². The van der Waals surface area contributed by atoms with E-state index in [0.717, 1.165) is 0 Å². The molecule has 4 heteroatoms. The lowest BCUT2D eigenvalue weighted by atomic mass is 10.4. The number of hydrogen-bond acceptors (Lipinski definition) is 3. The van der Waals surface area contributed by atoms with Gasteiger partial charge in [-0.05, 0) is 0 Å². The molecule has 0 radical (unpaired) electrons. The van der Waals surface area contributed by atoms with Gasteiger partial charge in [-0.2, -0.15) is 0 Å². The second-order valence-corrected chi connectivity index (χ2v) is 1.16. The Bertz CT molecular complexity index is 90.2. The number of aldehydes is 1. The SMILES string of the molecule is CC(C=O)[N+](=O)[O-]. The molecule has 0 N–H and O–H groups in total. The summed E-state index contributed by atoms with van der Waals surface area (Å²) < 4.78 is 0. The molecule has 0 spiro atoms. The molecule has 4 nitrogen and oxygen atoms in total. The highest BCUT2D eigenvalue weighted by atomic mass is 16.6. The monoisotopic (exact) mass is 103 g/mol. The zero-order valence-electron chi connectivity index (χ0n) is 3.83. The molecule has 40 valence electrons. The second kappa shape index (κ2) is 2.28. The standard InChI is InChI=1S/C3H5NO3/c1-3(2-5)4(6)7/h2-3H,1H3. The van der Waals surface area contributed by atoms with E-state index in [-0.39, 0.29) is 0 Å². The highest BCUT2D eigenvalue weighted by molar-refractivity contribution is 5.54. The predicted octanol–water partition coefficient (Wildman–Crippen LogP) is -0.150. The van der Waals surface area contributed by atoms with Crippen LogP contribution >= 0.6 is 0 Å². The van der Waals surface area contributed by atoms with Gasteiger partial charge in [-0.25, -0.2) is 0 Å². The Balaban J connectivity index is 3.55. The molecule has 0 saturated heterocycles. The Morgan fingerprint density at radius 2 is 2.29 bits per heavy atom. The Hall–Kier alpha value is -0.930. The summed E-state index contributed by atoms with van der Waals surface area (Å²) in [6.07, 6.45) is 0.292. The lowest BCUT2D eigenvalue weighted by Gasteiger charge is -1.87. The number of carbonyl (C=O) groups is 1. The van der Waals surface area contributed by atoms with Crippen LogP contribution in [0.15, 0.2) is 0 Å². The molecule has 7 heavy (non-hydrogen) atoms. The van der Waals surface area contributed by atoms with E-state index >= 15 is 0 Å². The minimum atomic E-state index is -1.06. The van der Waals surface area contributed by atoms with Crippen molar-refractivity contribution in [1.29, 1.82) is 0 Å². The van der Waals surface area contributed by atoms with Crippen LogP contribution in [0.25, 0.3) is 0 Å². The first-order valence-electron chi connectivity index (χ1n) is 1.77. The average Bonchev–Trinajstić information content (AvgIpc) is 1.65. The van der Waals surface area contributed by atoms with Gasteiger partial charge < -0.3 is 0 Å². The topological polar surface area (TPSA) is 60.2 Å². The maximum Gasteiger partial charge on any atom is 0.264 e. The first-order valence-corrected chi connectivity index (χ1v) is 1.77. The van der Waals surface area contributed by atoms with E-state index in [1.54, 1.807) is 0 Å². The Morgan fingerprint density at radius 1 is 1.86 bits per heavy atom. The zero-order chi connectivity index (χ0) is 5.86. The lowest BCUT2D eigenvalue weighted by Crippen LogP contribution is -2.15. The summed E-state index contributed by atoms with van der Waals surface area (Å²) in [7, 11) is 0. The molecule has 0 rings (SSSR count). The normalized spacial score (nSPS) is 12.7. The molecule has 1 atom stereocenters. The van der Waals surface area contributed by atoms with Crippen LogP contribution < -0.4 is 0 Å². The van der Waals surface area contributed by atoms with Crippen molar-refractivity contribution in [2.75, 3.05) is 0 Å². The van der Waals surface area contributed by atoms with Gasteiger partial charge in [0.15, 0.2) is 6.29 Å². The van der Waals surface area contributed by atoms with Crippen LogP contribution in [0.1, 0.15) is 6.92 Å². The molecule has 0 aliphatic carbocycles. The minimum Gasteiger partial charge on any atom is -0.296 e. The number of nitrogens with zero attached hydrogens (tertiary/aromatic N) is 1. The maximum atomic E-state index is 9.50. The van der Waals surface area contributed by atoms with E-state index in [1.807, 2.05) is 0 Å². The zero-order valence-corrected chi connectivity index (χ0v) is 3.83. The third-order valence-corrected chi connectivity index (χ3v) is 0.529. The van der Waals surface area contributed by atoms with Gasteiger partial charge in [0.2, 0.25) is 0 Å². The molecule has 0 aromatic heterocycles. The van der Waals surface area contributed by atoms with Crippen LogP contribution in [-0.2, 0) is 4.79 Å². The number of carbonyl (C=O) groups excluding carboxylic acids is 1. The summed E-state index contributed by atoms with van der Waals surface area (Å²) in [5.41, 5.74) is 0. The fourth-order valence-corrected chi connectivity index (χ4v) is 0.0497. The van der Waals surface area contributed by atoms with Gasteiger partial charge in [-0.1, -0.05) is 0 Å². The van der Waals surface area contributed by atoms with Gasteiger partial charge in [0.25, 0.3) is 6.04 Å². The molecular weight excluding hydrogens is 98.0 g/mol. The van der Waals surface area contributed by atoms with E-state index in [1.165, 1.54) is 6.92 Å². The molecule has 1 unspecified atom stereocenters. The maximum absolute atomic E-state index is 9.50. The predicted molar refractivity (Wildman–Crippen MR) is 22.5 cm³/mol. The Kier molecular flexibility index (Phi) is 1.98. The van der Waals surface area contributed by atoms with Gasteiger partial charge >= 0.3 is 0 Å². The molecule has 0 saturated carbocycles. The molecular formula is C3H5NO3. The lowest BCUT2D eigenvalue weighted by molar-refractivity contribution is -0.500. The van der Waals surface area contributed by atoms with Gasteiger partial charge in [0, 0.05) is 11.8 Å². The van der Waals surface area contributed by atoms with Gasteiger partial charge in [-0.15, -0.1) is 0 Å². The first-order chi connectivity index (χ1) is 3.18. The number of rotatable bonds is 2. The van der Waals surface area contributed by atoms with Crippen LogP contribution in [0.5, 0.6) is 0 Å². The van der Waals surface area contributed by atoms with Crippen molar-refractivity contribution < 1.29 is 9.72 Å². The van der Waals surface area contributed by atoms with E-state index in [0.29, 0.717) is 6.29 Å². The third kappa shape index (κ3) is 1.86. The van der Waals surface area contributed by atoms with E-state index in [4.69, 9.17) is 0 Å². The van der Waals surface area contributed by atoms with Crippen molar-refractivity contribution in [3.63, 3.8) is 0 Å². The number of nitro groups is 1. The fraction of sp³-hybridized carbons (Fsp3) is 0.667. The summed E-state index contributed by atoms with van der Waals surface area (Å²) in [4.78, 5) is 18.4.